The van der Waals surface area contributed by atoms with Gasteiger partial charge >= 0.3 is 5.97 Å². The van der Waals surface area contributed by atoms with Gasteiger partial charge in [-0.25, -0.2) is 0 Å². The molecule has 0 aliphatic carbocycles. The van der Waals surface area contributed by atoms with Crippen molar-refractivity contribution in [2.75, 3.05) is 13.1 Å². The first-order valence-corrected chi connectivity index (χ1v) is 5.66. The number of nitrogens with one attached hydrogen (secondary N) is 2. The van der Waals surface area contributed by atoms with Crippen molar-refractivity contribution in [2.24, 2.45) is 0 Å². The van der Waals surface area contributed by atoms with E-state index in [0.717, 1.165) is 5.56 Å². The second-order valence-electron chi connectivity index (χ2n) is 4.07. The molecule has 7 nitrogen and oxygen atoms in total. The van der Waals surface area contributed by atoms with Crippen molar-refractivity contribution < 1.29 is 23.9 Å². The number of hydrogen-bond acceptors (Lipinski definition) is 4. The van der Waals surface area contributed by atoms with Crippen molar-refractivity contribution in [1.29, 1.82) is 0 Å². The first kappa shape index (κ1) is 14.7. The Hall–Kier alpha value is -2.31. The Morgan fingerprint density at radius 1 is 1.05 bits per heavy atom. The third kappa shape index (κ3) is 3.84. The molecule has 1 aromatic heterocycles. The zero-order chi connectivity index (χ0) is 14.6. The number of aryl methyl sites for hydroxylation is 2. The van der Waals surface area contributed by atoms with Crippen LogP contribution in [0.2, 0.25) is 0 Å². The van der Waals surface area contributed by atoms with Gasteiger partial charge in [-0.2, -0.15) is 0 Å². The lowest BCUT2D eigenvalue weighted by Gasteiger charge is -2.05. The van der Waals surface area contributed by atoms with Crippen LogP contribution in [0.4, 0.5) is 0 Å². The van der Waals surface area contributed by atoms with E-state index < -0.39 is 24.3 Å². The van der Waals surface area contributed by atoms with Gasteiger partial charge in [-0.05, 0) is 20.8 Å². The molecular formula is C12H16N2O5. The molecule has 0 aliphatic rings. The van der Waals surface area contributed by atoms with Gasteiger partial charge in [-0.1, -0.05) is 0 Å². The summed E-state index contributed by atoms with van der Waals surface area (Å²) in [5.41, 5.74) is 1.13. The van der Waals surface area contributed by atoms with Crippen LogP contribution in [-0.2, 0) is 9.59 Å². The molecule has 0 saturated heterocycles. The number of aliphatic carboxylic acids is 1. The minimum absolute atomic E-state index is 0.283. The Kier molecular flexibility index (Phi) is 4.68. The molecule has 104 valence electrons. The van der Waals surface area contributed by atoms with Crippen LogP contribution >= 0.6 is 0 Å². The number of amides is 2. The first-order chi connectivity index (χ1) is 8.82. The van der Waals surface area contributed by atoms with Gasteiger partial charge in [0, 0.05) is 5.56 Å². The molecule has 1 aromatic rings. The second-order valence-corrected chi connectivity index (χ2v) is 4.07. The van der Waals surface area contributed by atoms with E-state index in [9.17, 15) is 14.4 Å². The van der Waals surface area contributed by atoms with E-state index in [1.54, 1.807) is 20.8 Å². The molecule has 0 fully saturated rings. The molecule has 0 unspecified atom stereocenters. The smallest absolute Gasteiger partial charge is 0.322 e. The van der Waals surface area contributed by atoms with Gasteiger partial charge < -0.3 is 20.2 Å². The summed E-state index contributed by atoms with van der Waals surface area (Å²) < 4.78 is 5.31. The van der Waals surface area contributed by atoms with E-state index in [1.165, 1.54) is 0 Å². The fourth-order valence-corrected chi connectivity index (χ4v) is 1.61. The summed E-state index contributed by atoms with van der Waals surface area (Å²) in [5.74, 6) is -0.989. The Bertz CT molecular complexity index is 518. The van der Waals surface area contributed by atoms with Gasteiger partial charge in [0.25, 0.3) is 5.91 Å². The normalized spacial score (nSPS) is 10.1. The molecule has 0 aliphatic heterocycles. The molecule has 0 atom stereocenters. The molecule has 1 heterocycles. The summed E-state index contributed by atoms with van der Waals surface area (Å²) in [6.07, 6.45) is 0. The lowest BCUT2D eigenvalue weighted by Crippen LogP contribution is -2.39. The van der Waals surface area contributed by atoms with Gasteiger partial charge in [0.05, 0.1) is 12.1 Å². The molecule has 3 N–H and O–H groups in total. The van der Waals surface area contributed by atoms with Crippen LogP contribution in [0, 0.1) is 20.8 Å². The highest BCUT2D eigenvalue weighted by molar-refractivity contribution is 5.98. The van der Waals surface area contributed by atoms with Gasteiger partial charge in [0.1, 0.15) is 18.1 Å². The summed E-state index contributed by atoms with van der Waals surface area (Å²) in [6, 6.07) is 0. The highest BCUT2D eigenvalue weighted by Crippen LogP contribution is 2.20. The van der Waals surface area contributed by atoms with Crippen molar-refractivity contribution in [3.8, 4) is 0 Å². The number of carbonyl (C=O) groups excluding carboxylic acids is 2. The molecular weight excluding hydrogens is 252 g/mol. The second kappa shape index (κ2) is 6.03. The standard InChI is InChI=1S/C12H16N2O5/c1-6-7(2)19-8(3)11(6)12(18)14-4-9(15)13-5-10(16)17/h4-5H2,1-3H3,(H,13,15)(H,14,18)(H,16,17). The minimum atomic E-state index is -1.14. The number of carboxylic acids is 1. The average Bonchev–Trinajstić information content (AvgIpc) is 2.58. The van der Waals surface area contributed by atoms with Gasteiger partial charge in [-0.3, -0.25) is 14.4 Å². The van der Waals surface area contributed by atoms with Crippen LogP contribution in [0.15, 0.2) is 4.42 Å². The molecule has 0 spiro atoms. The lowest BCUT2D eigenvalue weighted by molar-refractivity contribution is -0.137. The molecule has 0 bridgehead atoms. The van der Waals surface area contributed by atoms with Gasteiger partial charge in [0.15, 0.2) is 0 Å². The van der Waals surface area contributed by atoms with E-state index in [0.29, 0.717) is 17.1 Å². The van der Waals surface area contributed by atoms with E-state index in [-0.39, 0.29) is 6.54 Å². The highest BCUT2D eigenvalue weighted by atomic mass is 16.4. The third-order valence-corrected chi connectivity index (χ3v) is 2.63. The average molecular weight is 268 g/mol. The first-order valence-electron chi connectivity index (χ1n) is 5.66. The Morgan fingerprint density at radius 2 is 1.68 bits per heavy atom. The predicted molar refractivity (Wildman–Crippen MR) is 65.9 cm³/mol. The minimum Gasteiger partial charge on any atom is -0.480 e. The van der Waals surface area contributed by atoms with Crippen LogP contribution in [-0.4, -0.2) is 36.0 Å². The molecule has 19 heavy (non-hydrogen) atoms. The van der Waals surface area contributed by atoms with Gasteiger partial charge in [0.2, 0.25) is 5.91 Å². The van der Waals surface area contributed by atoms with Crippen LogP contribution in [0.25, 0.3) is 0 Å². The monoisotopic (exact) mass is 268 g/mol. The number of rotatable bonds is 5. The molecule has 0 radical (unpaired) electrons. The van der Waals surface area contributed by atoms with Crippen molar-refractivity contribution in [3.63, 3.8) is 0 Å². The van der Waals surface area contributed by atoms with Crippen LogP contribution in [0.5, 0.6) is 0 Å². The van der Waals surface area contributed by atoms with Crippen molar-refractivity contribution in [1.82, 2.24) is 10.6 Å². The summed E-state index contributed by atoms with van der Waals surface area (Å²) >= 11 is 0. The summed E-state index contributed by atoms with van der Waals surface area (Å²) in [6.45, 7) is 4.41. The van der Waals surface area contributed by atoms with E-state index in [2.05, 4.69) is 10.6 Å². The molecule has 7 heteroatoms. The predicted octanol–water partition coefficient (Wildman–Crippen LogP) is 0.135. The van der Waals surface area contributed by atoms with E-state index >= 15 is 0 Å². The largest absolute Gasteiger partial charge is 0.480 e. The van der Waals surface area contributed by atoms with Crippen molar-refractivity contribution in [3.05, 3.63) is 22.6 Å². The highest BCUT2D eigenvalue weighted by Gasteiger charge is 2.18. The van der Waals surface area contributed by atoms with Crippen LogP contribution in [0.3, 0.4) is 0 Å². The van der Waals surface area contributed by atoms with Crippen molar-refractivity contribution >= 4 is 17.8 Å². The maximum absolute atomic E-state index is 11.9. The molecule has 0 aromatic carbocycles. The molecule has 1 rings (SSSR count). The summed E-state index contributed by atoms with van der Waals surface area (Å²) in [4.78, 5) is 33.4. The number of carboxylic acid groups (broad SMARTS) is 1. The van der Waals surface area contributed by atoms with Gasteiger partial charge in [-0.15, -0.1) is 0 Å². The Labute approximate surface area is 110 Å². The quantitative estimate of drug-likeness (QED) is 0.703. The SMILES string of the molecule is Cc1oc(C)c(C(=O)NCC(=O)NCC(=O)O)c1C. The fourth-order valence-electron chi connectivity index (χ4n) is 1.61. The van der Waals surface area contributed by atoms with Crippen molar-refractivity contribution in [2.45, 2.75) is 20.8 Å². The third-order valence-electron chi connectivity index (χ3n) is 2.63. The Morgan fingerprint density at radius 3 is 2.16 bits per heavy atom. The zero-order valence-electron chi connectivity index (χ0n) is 11.0. The number of furan rings is 1. The summed E-state index contributed by atoms with van der Waals surface area (Å²) in [7, 11) is 0. The maximum atomic E-state index is 11.9. The molecule has 0 saturated carbocycles. The summed E-state index contributed by atoms with van der Waals surface area (Å²) in [5, 5.41) is 12.9. The topological polar surface area (TPSA) is 109 Å². The molecule has 2 amide bonds. The zero-order valence-corrected chi connectivity index (χ0v) is 11.0. The number of hydrogen-bond donors (Lipinski definition) is 3. The maximum Gasteiger partial charge on any atom is 0.322 e. The lowest BCUT2D eigenvalue weighted by atomic mass is 10.1. The number of carbonyl (C=O) groups is 3. The Balaban J connectivity index is 2.56. The van der Waals surface area contributed by atoms with E-state index in [1.807, 2.05) is 0 Å². The van der Waals surface area contributed by atoms with E-state index in [4.69, 9.17) is 9.52 Å². The van der Waals surface area contributed by atoms with Crippen LogP contribution in [0.1, 0.15) is 27.4 Å². The van der Waals surface area contributed by atoms with Crippen LogP contribution < -0.4 is 10.6 Å². The fraction of sp³-hybridized carbons (Fsp3) is 0.417.